The summed E-state index contributed by atoms with van der Waals surface area (Å²) in [5.74, 6) is -0.825. The first-order valence-corrected chi connectivity index (χ1v) is 5.77. The van der Waals surface area contributed by atoms with Gasteiger partial charge in [0.25, 0.3) is 0 Å². The van der Waals surface area contributed by atoms with Gasteiger partial charge in [-0.15, -0.1) is 0 Å². The van der Waals surface area contributed by atoms with E-state index in [1.54, 1.807) is 6.92 Å². The van der Waals surface area contributed by atoms with Gasteiger partial charge in [0.1, 0.15) is 12.3 Å². The minimum Gasteiger partial charge on any atom is -0.494 e. The number of hydrogen-bond donors (Lipinski definition) is 2. The molecule has 0 aliphatic rings. The van der Waals surface area contributed by atoms with Crippen LogP contribution in [0.25, 0.3) is 0 Å². The third-order valence-electron chi connectivity index (χ3n) is 2.42. The van der Waals surface area contributed by atoms with Crippen molar-refractivity contribution >= 4 is 11.9 Å². The van der Waals surface area contributed by atoms with Crippen molar-refractivity contribution in [1.29, 1.82) is 0 Å². The first-order valence-electron chi connectivity index (χ1n) is 5.77. The molecule has 1 rings (SSSR count). The fourth-order valence-electron chi connectivity index (χ4n) is 1.34. The second-order valence-corrected chi connectivity index (χ2v) is 3.96. The highest BCUT2D eigenvalue weighted by Gasteiger charge is 2.13. The SMILES string of the molecule is CC(CCOc1ccccc1)C(=O)NCC(=O)O. The molecule has 0 aromatic heterocycles. The Balaban J connectivity index is 2.22. The Morgan fingerprint density at radius 1 is 1.33 bits per heavy atom. The number of para-hydroxylation sites is 1. The molecule has 1 amide bonds. The minimum absolute atomic E-state index is 0.269. The van der Waals surface area contributed by atoms with E-state index in [4.69, 9.17) is 9.84 Å². The molecule has 5 nitrogen and oxygen atoms in total. The van der Waals surface area contributed by atoms with Crippen molar-refractivity contribution in [2.75, 3.05) is 13.2 Å². The molecule has 18 heavy (non-hydrogen) atoms. The van der Waals surface area contributed by atoms with Gasteiger partial charge in [-0.2, -0.15) is 0 Å². The van der Waals surface area contributed by atoms with E-state index in [1.807, 2.05) is 30.3 Å². The van der Waals surface area contributed by atoms with Crippen LogP contribution in [-0.2, 0) is 9.59 Å². The Kier molecular flexibility index (Phi) is 5.70. The predicted molar refractivity (Wildman–Crippen MR) is 66.4 cm³/mol. The number of rotatable bonds is 7. The van der Waals surface area contributed by atoms with E-state index in [2.05, 4.69) is 5.32 Å². The molecule has 0 aliphatic carbocycles. The molecule has 0 saturated heterocycles. The van der Waals surface area contributed by atoms with Crippen LogP contribution in [-0.4, -0.2) is 30.1 Å². The highest BCUT2D eigenvalue weighted by Crippen LogP contribution is 2.10. The van der Waals surface area contributed by atoms with E-state index in [9.17, 15) is 9.59 Å². The van der Waals surface area contributed by atoms with E-state index < -0.39 is 5.97 Å². The van der Waals surface area contributed by atoms with Crippen LogP contribution >= 0.6 is 0 Å². The number of ether oxygens (including phenoxy) is 1. The molecular weight excluding hydrogens is 234 g/mol. The number of nitrogens with one attached hydrogen (secondary N) is 1. The van der Waals surface area contributed by atoms with Crippen LogP contribution in [0, 0.1) is 5.92 Å². The Bertz CT molecular complexity index is 391. The molecule has 5 heteroatoms. The standard InChI is InChI=1S/C13H17NO4/c1-10(13(17)14-9-12(15)16)7-8-18-11-5-3-2-4-6-11/h2-6,10H,7-9H2,1H3,(H,14,17)(H,15,16). The summed E-state index contributed by atoms with van der Waals surface area (Å²) in [4.78, 5) is 21.7. The number of hydrogen-bond acceptors (Lipinski definition) is 3. The summed E-state index contributed by atoms with van der Waals surface area (Å²) in [7, 11) is 0. The fraction of sp³-hybridized carbons (Fsp3) is 0.385. The summed E-state index contributed by atoms with van der Waals surface area (Å²) in [6.45, 7) is 1.82. The third-order valence-corrected chi connectivity index (χ3v) is 2.42. The van der Waals surface area contributed by atoms with Crippen LogP contribution in [0.15, 0.2) is 30.3 Å². The quantitative estimate of drug-likeness (QED) is 0.765. The van der Waals surface area contributed by atoms with Gasteiger partial charge in [0.05, 0.1) is 6.61 Å². The maximum absolute atomic E-state index is 11.5. The van der Waals surface area contributed by atoms with Crippen molar-refractivity contribution in [2.24, 2.45) is 5.92 Å². The van der Waals surface area contributed by atoms with E-state index in [1.165, 1.54) is 0 Å². The van der Waals surface area contributed by atoms with Gasteiger partial charge in [-0.1, -0.05) is 25.1 Å². The summed E-state index contributed by atoms with van der Waals surface area (Å²) in [5.41, 5.74) is 0. The smallest absolute Gasteiger partial charge is 0.322 e. The highest BCUT2D eigenvalue weighted by molar-refractivity contribution is 5.82. The van der Waals surface area contributed by atoms with Gasteiger partial charge in [0.2, 0.25) is 5.91 Å². The minimum atomic E-state index is -1.05. The Hall–Kier alpha value is -2.04. The lowest BCUT2D eigenvalue weighted by Gasteiger charge is -2.11. The topological polar surface area (TPSA) is 75.6 Å². The summed E-state index contributed by atoms with van der Waals surface area (Å²) >= 11 is 0. The Morgan fingerprint density at radius 3 is 2.61 bits per heavy atom. The predicted octanol–water partition coefficient (Wildman–Crippen LogP) is 1.29. The zero-order chi connectivity index (χ0) is 13.4. The van der Waals surface area contributed by atoms with Gasteiger partial charge in [0, 0.05) is 5.92 Å². The first-order chi connectivity index (χ1) is 8.59. The lowest BCUT2D eigenvalue weighted by molar-refractivity contribution is -0.138. The largest absolute Gasteiger partial charge is 0.494 e. The molecule has 0 bridgehead atoms. The van der Waals surface area contributed by atoms with Crippen LogP contribution in [0.2, 0.25) is 0 Å². The van der Waals surface area contributed by atoms with Crippen molar-refractivity contribution in [3.05, 3.63) is 30.3 Å². The molecule has 0 heterocycles. The van der Waals surface area contributed by atoms with Gasteiger partial charge in [-0.05, 0) is 18.6 Å². The van der Waals surface area contributed by atoms with E-state index in [0.717, 1.165) is 5.75 Å². The van der Waals surface area contributed by atoms with E-state index >= 15 is 0 Å². The molecule has 0 radical (unpaired) electrons. The number of amides is 1. The first kappa shape index (κ1) is 14.0. The summed E-state index contributed by atoms with van der Waals surface area (Å²) in [6, 6.07) is 9.33. The van der Waals surface area contributed by atoms with Gasteiger partial charge in [-0.25, -0.2) is 0 Å². The maximum Gasteiger partial charge on any atom is 0.322 e. The third kappa shape index (κ3) is 5.34. The van der Waals surface area contributed by atoms with Gasteiger partial charge in [0.15, 0.2) is 0 Å². The van der Waals surface area contributed by atoms with Crippen LogP contribution in [0.1, 0.15) is 13.3 Å². The molecule has 1 atom stereocenters. The average Bonchev–Trinajstić information content (AvgIpc) is 2.37. The van der Waals surface area contributed by atoms with Crippen molar-refractivity contribution in [2.45, 2.75) is 13.3 Å². The van der Waals surface area contributed by atoms with Gasteiger partial charge < -0.3 is 15.2 Å². The van der Waals surface area contributed by atoms with Crippen molar-refractivity contribution in [3.63, 3.8) is 0 Å². The lowest BCUT2D eigenvalue weighted by Crippen LogP contribution is -2.34. The molecule has 0 aliphatic heterocycles. The molecule has 1 aromatic carbocycles. The van der Waals surface area contributed by atoms with Crippen LogP contribution in [0.5, 0.6) is 5.75 Å². The number of carbonyl (C=O) groups is 2. The summed E-state index contributed by atoms with van der Waals surface area (Å²) in [5, 5.41) is 10.8. The van der Waals surface area contributed by atoms with E-state index in [0.29, 0.717) is 13.0 Å². The number of carbonyl (C=O) groups excluding carboxylic acids is 1. The zero-order valence-corrected chi connectivity index (χ0v) is 10.3. The Morgan fingerprint density at radius 2 is 2.00 bits per heavy atom. The molecule has 0 fully saturated rings. The number of benzene rings is 1. The lowest BCUT2D eigenvalue weighted by atomic mass is 10.1. The second kappa shape index (κ2) is 7.32. The summed E-state index contributed by atoms with van der Waals surface area (Å²) in [6.07, 6.45) is 0.542. The fourth-order valence-corrected chi connectivity index (χ4v) is 1.34. The Labute approximate surface area is 106 Å². The maximum atomic E-state index is 11.5. The monoisotopic (exact) mass is 251 g/mol. The normalized spacial score (nSPS) is 11.6. The molecule has 1 aromatic rings. The molecular formula is C13H17NO4. The summed E-state index contributed by atoms with van der Waals surface area (Å²) < 4.78 is 5.46. The average molecular weight is 251 g/mol. The van der Waals surface area contributed by atoms with Gasteiger partial charge >= 0.3 is 5.97 Å². The van der Waals surface area contributed by atoms with Crippen molar-refractivity contribution < 1.29 is 19.4 Å². The number of aliphatic carboxylic acids is 1. The van der Waals surface area contributed by atoms with Gasteiger partial charge in [-0.3, -0.25) is 9.59 Å². The molecule has 2 N–H and O–H groups in total. The van der Waals surface area contributed by atoms with Crippen LogP contribution in [0.4, 0.5) is 0 Å². The van der Waals surface area contributed by atoms with E-state index in [-0.39, 0.29) is 18.4 Å². The van der Waals surface area contributed by atoms with Crippen LogP contribution in [0.3, 0.4) is 0 Å². The molecule has 1 unspecified atom stereocenters. The highest BCUT2D eigenvalue weighted by atomic mass is 16.5. The second-order valence-electron chi connectivity index (χ2n) is 3.96. The number of carboxylic acid groups (broad SMARTS) is 1. The molecule has 0 saturated carbocycles. The zero-order valence-electron chi connectivity index (χ0n) is 10.3. The van der Waals surface area contributed by atoms with Crippen molar-refractivity contribution in [1.82, 2.24) is 5.32 Å². The van der Waals surface area contributed by atoms with Crippen molar-refractivity contribution in [3.8, 4) is 5.75 Å². The van der Waals surface area contributed by atoms with Crippen LogP contribution < -0.4 is 10.1 Å². The molecule has 0 spiro atoms. The number of carboxylic acids is 1. The molecule has 98 valence electrons.